The fourth-order valence-electron chi connectivity index (χ4n) is 1.78. The first-order chi connectivity index (χ1) is 9.69. The number of aromatic nitrogens is 3. The zero-order valence-corrected chi connectivity index (χ0v) is 12.9. The highest BCUT2D eigenvalue weighted by Crippen LogP contribution is 2.29. The van der Waals surface area contributed by atoms with Gasteiger partial charge in [-0.15, -0.1) is 11.3 Å². The fraction of sp³-hybridized carbons (Fsp3) is 0.154. The van der Waals surface area contributed by atoms with Crippen molar-refractivity contribution in [2.75, 3.05) is 5.75 Å². The van der Waals surface area contributed by atoms with E-state index in [4.69, 9.17) is 11.6 Å². The number of nitrogens with zero attached hydrogens (tertiary/aromatic N) is 2. The summed E-state index contributed by atoms with van der Waals surface area (Å²) in [4.78, 5) is 23.7. The van der Waals surface area contributed by atoms with Crippen LogP contribution in [0.1, 0.15) is 6.92 Å². The highest BCUT2D eigenvalue weighted by Gasteiger charge is 2.13. The third kappa shape index (κ3) is 2.46. The van der Waals surface area contributed by atoms with Gasteiger partial charge in [0.05, 0.1) is 5.02 Å². The van der Waals surface area contributed by atoms with Gasteiger partial charge in [0.15, 0.2) is 9.99 Å². The zero-order valence-electron chi connectivity index (χ0n) is 10.5. The molecule has 0 fully saturated rings. The summed E-state index contributed by atoms with van der Waals surface area (Å²) in [5, 5.41) is 0.549. The standard InChI is InChI=1S/C13H10ClN3OS2/c1-2-19-13-17-11-9(20-13)12(18)16-10(15-11)7-5-3-4-6-8(7)14/h3-6H,2H2,1H3,(H,15,16,18). The molecular weight excluding hydrogens is 314 g/mol. The van der Waals surface area contributed by atoms with Gasteiger partial charge in [-0.05, 0) is 17.9 Å². The van der Waals surface area contributed by atoms with Gasteiger partial charge in [-0.2, -0.15) is 0 Å². The summed E-state index contributed by atoms with van der Waals surface area (Å²) in [5.74, 6) is 1.36. The number of thiazole rings is 1. The Hall–Kier alpha value is -1.37. The second kappa shape index (κ2) is 5.55. The Balaban J connectivity index is 2.19. The smallest absolute Gasteiger partial charge is 0.270 e. The number of hydrogen-bond donors (Lipinski definition) is 1. The Morgan fingerprint density at radius 1 is 1.35 bits per heavy atom. The van der Waals surface area contributed by atoms with Crippen LogP contribution in [0.25, 0.3) is 21.7 Å². The normalized spacial score (nSPS) is 11.1. The van der Waals surface area contributed by atoms with Crippen LogP contribution in [0.4, 0.5) is 0 Å². The quantitative estimate of drug-likeness (QED) is 0.745. The minimum absolute atomic E-state index is 0.176. The van der Waals surface area contributed by atoms with Crippen molar-refractivity contribution in [3.05, 3.63) is 39.6 Å². The maximum absolute atomic E-state index is 12.1. The van der Waals surface area contributed by atoms with E-state index in [2.05, 4.69) is 15.0 Å². The molecule has 0 unspecified atom stereocenters. The van der Waals surface area contributed by atoms with Crippen molar-refractivity contribution in [2.24, 2.45) is 0 Å². The number of rotatable bonds is 3. The third-order valence-electron chi connectivity index (χ3n) is 2.64. The summed E-state index contributed by atoms with van der Waals surface area (Å²) in [6.45, 7) is 2.05. The summed E-state index contributed by atoms with van der Waals surface area (Å²) < 4.78 is 1.41. The number of aromatic amines is 1. The molecule has 3 rings (SSSR count). The summed E-state index contributed by atoms with van der Waals surface area (Å²) in [7, 11) is 0. The van der Waals surface area contributed by atoms with E-state index in [1.807, 2.05) is 25.1 Å². The van der Waals surface area contributed by atoms with Crippen molar-refractivity contribution in [2.45, 2.75) is 11.3 Å². The molecule has 4 nitrogen and oxygen atoms in total. The van der Waals surface area contributed by atoms with Gasteiger partial charge in [0.1, 0.15) is 10.5 Å². The Kier molecular flexibility index (Phi) is 3.78. The molecule has 7 heteroatoms. The average molecular weight is 324 g/mol. The number of halogens is 1. The van der Waals surface area contributed by atoms with Crippen molar-refractivity contribution in [3.8, 4) is 11.4 Å². The molecule has 0 aliphatic carbocycles. The van der Waals surface area contributed by atoms with Crippen molar-refractivity contribution in [1.82, 2.24) is 15.0 Å². The minimum atomic E-state index is -0.176. The topological polar surface area (TPSA) is 58.6 Å². The summed E-state index contributed by atoms with van der Waals surface area (Å²) in [5.41, 5.74) is 1.00. The number of H-pyrrole nitrogens is 1. The van der Waals surface area contributed by atoms with Gasteiger partial charge in [-0.3, -0.25) is 4.79 Å². The summed E-state index contributed by atoms with van der Waals surface area (Å²) in [6, 6.07) is 7.27. The number of thioether (sulfide) groups is 1. The lowest BCUT2D eigenvalue weighted by Gasteiger charge is -2.02. The van der Waals surface area contributed by atoms with Crippen LogP contribution < -0.4 is 5.56 Å². The molecule has 0 amide bonds. The first kappa shape index (κ1) is 13.6. The van der Waals surface area contributed by atoms with Crippen LogP contribution >= 0.6 is 34.7 Å². The van der Waals surface area contributed by atoms with E-state index in [1.165, 1.54) is 11.3 Å². The molecule has 2 heterocycles. The van der Waals surface area contributed by atoms with Crippen LogP contribution in [-0.4, -0.2) is 20.7 Å². The lowest BCUT2D eigenvalue weighted by Crippen LogP contribution is -2.08. The highest BCUT2D eigenvalue weighted by molar-refractivity contribution is 8.01. The van der Waals surface area contributed by atoms with Gasteiger partial charge >= 0.3 is 0 Å². The van der Waals surface area contributed by atoms with E-state index in [0.717, 1.165) is 10.1 Å². The number of fused-ring (bicyclic) bond motifs is 1. The molecule has 1 aromatic carbocycles. The molecule has 0 saturated carbocycles. The minimum Gasteiger partial charge on any atom is -0.305 e. The van der Waals surface area contributed by atoms with Crippen LogP contribution in [0.15, 0.2) is 33.4 Å². The van der Waals surface area contributed by atoms with Gasteiger partial charge in [0, 0.05) is 5.56 Å². The maximum Gasteiger partial charge on any atom is 0.270 e. The Morgan fingerprint density at radius 2 is 2.15 bits per heavy atom. The van der Waals surface area contributed by atoms with E-state index in [0.29, 0.717) is 26.8 Å². The van der Waals surface area contributed by atoms with Crippen molar-refractivity contribution in [3.63, 3.8) is 0 Å². The second-order valence-electron chi connectivity index (χ2n) is 3.96. The van der Waals surface area contributed by atoms with Gasteiger partial charge < -0.3 is 4.98 Å². The predicted octanol–water partition coefficient (Wildman–Crippen LogP) is 3.81. The third-order valence-corrected chi connectivity index (χ3v) is 5.04. The molecule has 0 spiro atoms. The molecule has 1 N–H and O–H groups in total. The van der Waals surface area contributed by atoms with Crippen LogP contribution in [0.2, 0.25) is 5.02 Å². The highest BCUT2D eigenvalue weighted by atomic mass is 35.5. The summed E-state index contributed by atoms with van der Waals surface area (Å²) >= 11 is 9.11. The Bertz CT molecular complexity index is 828. The first-order valence-corrected chi connectivity index (χ1v) is 8.15. The monoisotopic (exact) mass is 323 g/mol. The van der Waals surface area contributed by atoms with E-state index in [1.54, 1.807) is 17.8 Å². The molecule has 0 bridgehead atoms. The second-order valence-corrected chi connectivity index (χ2v) is 6.88. The largest absolute Gasteiger partial charge is 0.305 e. The molecule has 3 aromatic rings. The average Bonchev–Trinajstić information content (AvgIpc) is 2.83. The number of nitrogens with one attached hydrogen (secondary N) is 1. The molecule has 0 atom stereocenters. The molecule has 0 radical (unpaired) electrons. The van der Waals surface area contributed by atoms with Crippen LogP contribution in [-0.2, 0) is 0 Å². The Morgan fingerprint density at radius 3 is 2.90 bits per heavy atom. The van der Waals surface area contributed by atoms with Crippen LogP contribution in [0.5, 0.6) is 0 Å². The number of benzene rings is 1. The maximum atomic E-state index is 12.1. The van der Waals surface area contributed by atoms with Crippen molar-refractivity contribution < 1.29 is 0 Å². The predicted molar refractivity (Wildman–Crippen MR) is 84.9 cm³/mol. The van der Waals surface area contributed by atoms with Gasteiger partial charge in [-0.25, -0.2) is 9.97 Å². The van der Waals surface area contributed by atoms with Gasteiger partial charge in [0.25, 0.3) is 5.56 Å². The number of hydrogen-bond acceptors (Lipinski definition) is 5. The zero-order chi connectivity index (χ0) is 14.1. The molecule has 0 aliphatic heterocycles. The van der Waals surface area contributed by atoms with Gasteiger partial charge in [0.2, 0.25) is 0 Å². The lowest BCUT2D eigenvalue weighted by molar-refractivity contribution is 1.15. The van der Waals surface area contributed by atoms with Crippen LogP contribution in [0, 0.1) is 0 Å². The van der Waals surface area contributed by atoms with Crippen molar-refractivity contribution >= 4 is 45.0 Å². The van der Waals surface area contributed by atoms with Crippen molar-refractivity contribution in [1.29, 1.82) is 0 Å². The molecule has 0 saturated heterocycles. The molecule has 0 aliphatic rings. The lowest BCUT2D eigenvalue weighted by atomic mass is 10.2. The van der Waals surface area contributed by atoms with E-state index < -0.39 is 0 Å². The fourth-order valence-corrected chi connectivity index (χ4v) is 3.88. The first-order valence-electron chi connectivity index (χ1n) is 5.97. The Labute approximate surface area is 128 Å². The van der Waals surface area contributed by atoms with Crippen LogP contribution in [0.3, 0.4) is 0 Å². The molecule has 102 valence electrons. The molecule has 20 heavy (non-hydrogen) atoms. The van der Waals surface area contributed by atoms with E-state index >= 15 is 0 Å². The van der Waals surface area contributed by atoms with Gasteiger partial charge in [-0.1, -0.05) is 42.4 Å². The summed E-state index contributed by atoms with van der Waals surface area (Å²) in [6.07, 6.45) is 0. The molecular formula is C13H10ClN3OS2. The SMILES string of the molecule is CCSc1nc2nc(-c3ccccc3Cl)[nH]c(=O)c2s1. The van der Waals surface area contributed by atoms with E-state index in [-0.39, 0.29) is 5.56 Å². The van der Waals surface area contributed by atoms with E-state index in [9.17, 15) is 4.79 Å². The molecule has 2 aromatic heterocycles.